The molecule has 0 aliphatic heterocycles. The number of fused-ring (bicyclic) bond motifs is 1. The fraction of sp³-hybridized carbons (Fsp3) is 0.100. The monoisotopic (exact) mass is 363 g/mol. The number of phenols is 1. The number of nitrogens with zero attached hydrogens (tertiary/aromatic N) is 4. The van der Waals surface area contributed by atoms with Crippen molar-refractivity contribution in [3.05, 3.63) is 78.2 Å². The molecular weight excluding hydrogens is 345 g/mol. The summed E-state index contributed by atoms with van der Waals surface area (Å²) in [5.41, 5.74) is 2.43. The van der Waals surface area contributed by atoms with E-state index in [2.05, 4.69) is 15.4 Å². The topological polar surface area (TPSA) is 65.7 Å². The standard InChI is InChI=1S/C20H18FN5O/c1-25(13-14-5-7-15(21)8-6-14)19-10-9-18-22-12-20(26(18)24-19)23-16-3-2-4-17(27)11-16/h2-12,23,27H,13H2,1H3. The van der Waals surface area contributed by atoms with Crippen LogP contribution in [-0.4, -0.2) is 26.8 Å². The summed E-state index contributed by atoms with van der Waals surface area (Å²) in [6.07, 6.45) is 1.69. The molecule has 0 spiro atoms. The van der Waals surface area contributed by atoms with Gasteiger partial charge in [-0.25, -0.2) is 9.37 Å². The molecule has 2 N–H and O–H groups in total. The van der Waals surface area contributed by atoms with Gasteiger partial charge in [0.2, 0.25) is 0 Å². The van der Waals surface area contributed by atoms with E-state index < -0.39 is 0 Å². The van der Waals surface area contributed by atoms with E-state index in [1.165, 1.54) is 12.1 Å². The highest BCUT2D eigenvalue weighted by Gasteiger charge is 2.09. The zero-order chi connectivity index (χ0) is 18.8. The van der Waals surface area contributed by atoms with Crippen molar-refractivity contribution in [3.63, 3.8) is 0 Å². The van der Waals surface area contributed by atoms with Crippen molar-refractivity contribution < 1.29 is 9.50 Å². The Balaban J connectivity index is 1.60. The Labute approximate surface area is 155 Å². The van der Waals surface area contributed by atoms with E-state index >= 15 is 0 Å². The van der Waals surface area contributed by atoms with Gasteiger partial charge in [-0.05, 0) is 42.0 Å². The molecule has 0 aliphatic carbocycles. The van der Waals surface area contributed by atoms with Gasteiger partial charge in [0.25, 0.3) is 0 Å². The van der Waals surface area contributed by atoms with Gasteiger partial charge in [-0.15, -0.1) is 5.10 Å². The predicted molar refractivity (Wildman–Crippen MR) is 103 cm³/mol. The molecule has 2 heterocycles. The lowest BCUT2D eigenvalue weighted by molar-refractivity contribution is 0.475. The molecule has 0 saturated heterocycles. The Morgan fingerprint density at radius 1 is 1.11 bits per heavy atom. The van der Waals surface area contributed by atoms with Gasteiger partial charge in [-0.2, -0.15) is 4.52 Å². The summed E-state index contributed by atoms with van der Waals surface area (Å²) in [5.74, 6) is 1.37. The number of aromatic nitrogens is 3. The number of anilines is 3. The largest absolute Gasteiger partial charge is 0.508 e. The van der Waals surface area contributed by atoms with Crippen molar-refractivity contribution in [2.24, 2.45) is 0 Å². The number of nitrogens with one attached hydrogen (secondary N) is 1. The number of halogens is 1. The lowest BCUT2D eigenvalue weighted by Gasteiger charge is -2.18. The maximum atomic E-state index is 13.1. The van der Waals surface area contributed by atoms with Crippen LogP contribution in [0.15, 0.2) is 66.9 Å². The van der Waals surface area contributed by atoms with E-state index in [1.807, 2.05) is 30.1 Å². The van der Waals surface area contributed by atoms with Crippen LogP contribution in [-0.2, 0) is 6.54 Å². The van der Waals surface area contributed by atoms with Crippen LogP contribution in [0.5, 0.6) is 5.75 Å². The Morgan fingerprint density at radius 3 is 2.70 bits per heavy atom. The average Bonchev–Trinajstić information content (AvgIpc) is 3.06. The predicted octanol–water partition coefficient (Wildman–Crippen LogP) is 3.95. The molecule has 0 atom stereocenters. The van der Waals surface area contributed by atoms with Crippen LogP contribution in [0.4, 0.5) is 21.7 Å². The number of aromatic hydroxyl groups is 1. The first-order valence-electron chi connectivity index (χ1n) is 8.45. The molecular formula is C20H18FN5O. The number of hydrogen-bond acceptors (Lipinski definition) is 5. The zero-order valence-corrected chi connectivity index (χ0v) is 14.7. The van der Waals surface area contributed by atoms with Gasteiger partial charge in [-0.1, -0.05) is 18.2 Å². The highest BCUT2D eigenvalue weighted by atomic mass is 19.1. The van der Waals surface area contributed by atoms with Crippen molar-refractivity contribution >= 4 is 23.0 Å². The van der Waals surface area contributed by atoms with Gasteiger partial charge >= 0.3 is 0 Å². The maximum Gasteiger partial charge on any atom is 0.156 e. The van der Waals surface area contributed by atoms with Crippen LogP contribution in [0, 0.1) is 5.82 Å². The summed E-state index contributed by atoms with van der Waals surface area (Å²) in [6, 6.07) is 17.1. The number of phenolic OH excluding ortho intramolecular Hbond substituents is 1. The van der Waals surface area contributed by atoms with Crippen molar-refractivity contribution in [2.45, 2.75) is 6.54 Å². The Kier molecular flexibility index (Phi) is 4.33. The molecule has 0 amide bonds. The first-order chi connectivity index (χ1) is 13.1. The van der Waals surface area contributed by atoms with Crippen LogP contribution in [0.1, 0.15) is 5.56 Å². The van der Waals surface area contributed by atoms with Gasteiger partial charge in [0.15, 0.2) is 11.5 Å². The summed E-state index contributed by atoms with van der Waals surface area (Å²) in [7, 11) is 1.93. The normalized spacial score (nSPS) is 10.9. The molecule has 0 bridgehead atoms. The fourth-order valence-corrected chi connectivity index (χ4v) is 2.83. The van der Waals surface area contributed by atoms with E-state index in [0.717, 1.165) is 17.1 Å². The van der Waals surface area contributed by atoms with Gasteiger partial charge in [-0.3, -0.25) is 0 Å². The molecule has 4 rings (SSSR count). The summed E-state index contributed by atoms with van der Waals surface area (Å²) >= 11 is 0. The second-order valence-corrected chi connectivity index (χ2v) is 6.26. The molecule has 6 nitrogen and oxygen atoms in total. The minimum Gasteiger partial charge on any atom is -0.508 e. The van der Waals surface area contributed by atoms with E-state index in [4.69, 9.17) is 0 Å². The summed E-state index contributed by atoms with van der Waals surface area (Å²) < 4.78 is 14.8. The second kappa shape index (κ2) is 6.95. The third-order valence-electron chi connectivity index (χ3n) is 4.19. The van der Waals surface area contributed by atoms with Gasteiger partial charge in [0.05, 0.1) is 6.20 Å². The van der Waals surface area contributed by atoms with Crippen molar-refractivity contribution in [3.8, 4) is 5.75 Å². The summed E-state index contributed by atoms with van der Waals surface area (Å²) in [6.45, 7) is 0.600. The van der Waals surface area contributed by atoms with E-state index in [-0.39, 0.29) is 11.6 Å². The smallest absolute Gasteiger partial charge is 0.156 e. The summed E-state index contributed by atoms with van der Waals surface area (Å²) in [5, 5.41) is 17.5. The Hall–Kier alpha value is -3.61. The molecule has 136 valence electrons. The van der Waals surface area contributed by atoms with Crippen LogP contribution >= 0.6 is 0 Å². The van der Waals surface area contributed by atoms with Crippen LogP contribution in [0.3, 0.4) is 0 Å². The van der Waals surface area contributed by atoms with E-state index in [1.54, 1.807) is 41.0 Å². The average molecular weight is 363 g/mol. The maximum absolute atomic E-state index is 13.1. The lowest BCUT2D eigenvalue weighted by atomic mass is 10.2. The lowest BCUT2D eigenvalue weighted by Crippen LogP contribution is -2.18. The van der Waals surface area contributed by atoms with E-state index in [9.17, 15) is 9.50 Å². The number of benzene rings is 2. The third kappa shape index (κ3) is 3.67. The highest BCUT2D eigenvalue weighted by molar-refractivity contribution is 5.61. The second-order valence-electron chi connectivity index (χ2n) is 6.26. The fourth-order valence-electron chi connectivity index (χ4n) is 2.83. The van der Waals surface area contributed by atoms with Crippen LogP contribution in [0.25, 0.3) is 5.65 Å². The zero-order valence-electron chi connectivity index (χ0n) is 14.7. The number of rotatable bonds is 5. The number of imidazole rings is 1. The molecule has 0 saturated carbocycles. The van der Waals surface area contributed by atoms with Crippen LogP contribution in [0.2, 0.25) is 0 Å². The minimum atomic E-state index is -0.248. The highest BCUT2D eigenvalue weighted by Crippen LogP contribution is 2.22. The summed E-state index contributed by atoms with van der Waals surface area (Å²) in [4.78, 5) is 6.32. The minimum absolute atomic E-state index is 0.182. The molecule has 2 aromatic carbocycles. The Bertz CT molecular complexity index is 1080. The first-order valence-corrected chi connectivity index (χ1v) is 8.45. The SMILES string of the molecule is CN(Cc1ccc(F)cc1)c1ccc2ncc(Nc3cccc(O)c3)n2n1. The molecule has 0 fully saturated rings. The molecule has 7 heteroatoms. The molecule has 0 radical (unpaired) electrons. The third-order valence-corrected chi connectivity index (χ3v) is 4.19. The molecule has 2 aromatic heterocycles. The molecule has 4 aromatic rings. The van der Waals surface area contributed by atoms with Crippen molar-refractivity contribution in [2.75, 3.05) is 17.3 Å². The molecule has 27 heavy (non-hydrogen) atoms. The van der Waals surface area contributed by atoms with Gasteiger partial charge in [0, 0.05) is 25.3 Å². The van der Waals surface area contributed by atoms with Gasteiger partial charge in [0.1, 0.15) is 17.4 Å². The quantitative estimate of drug-likeness (QED) is 0.562. The molecule has 0 aliphatic rings. The van der Waals surface area contributed by atoms with Gasteiger partial charge < -0.3 is 15.3 Å². The number of hydrogen-bond donors (Lipinski definition) is 2. The van der Waals surface area contributed by atoms with Crippen LogP contribution < -0.4 is 10.2 Å². The van der Waals surface area contributed by atoms with E-state index in [0.29, 0.717) is 18.0 Å². The Morgan fingerprint density at radius 2 is 1.93 bits per heavy atom. The van der Waals surface area contributed by atoms with Crippen molar-refractivity contribution in [1.82, 2.24) is 14.6 Å². The first kappa shape index (κ1) is 16.8. The molecule has 0 unspecified atom stereocenters. The van der Waals surface area contributed by atoms with Crippen molar-refractivity contribution in [1.29, 1.82) is 0 Å².